The molecule has 3 aromatic rings. The molecule has 42 heavy (non-hydrogen) atoms. The summed E-state index contributed by atoms with van der Waals surface area (Å²) >= 11 is 0. The van der Waals surface area contributed by atoms with E-state index in [0.29, 0.717) is 34.3 Å². The predicted octanol–water partition coefficient (Wildman–Crippen LogP) is 3.12. The molecule has 2 fully saturated rings. The first kappa shape index (κ1) is 30.1. The van der Waals surface area contributed by atoms with E-state index >= 15 is 0 Å². The predicted molar refractivity (Wildman–Crippen MR) is 160 cm³/mol. The first-order valence-corrected chi connectivity index (χ1v) is 14.0. The molecule has 2 aliphatic heterocycles. The van der Waals surface area contributed by atoms with Gasteiger partial charge in [-0.15, -0.1) is 0 Å². The molecule has 12 nitrogen and oxygen atoms in total. The van der Waals surface area contributed by atoms with Gasteiger partial charge < -0.3 is 32.1 Å². The Morgan fingerprint density at radius 1 is 0.833 bits per heavy atom. The molecule has 7 N–H and O–H groups in total. The largest absolute Gasteiger partial charge is 0.480 e. The third-order valence-electron chi connectivity index (χ3n) is 8.02. The number of fused-ring (bicyclic) bond motifs is 1. The minimum Gasteiger partial charge on any atom is -0.480 e. The summed E-state index contributed by atoms with van der Waals surface area (Å²) in [5.41, 5.74) is 17.3. The van der Waals surface area contributed by atoms with Gasteiger partial charge in [0, 0.05) is 49.0 Å². The molecule has 5 rings (SSSR count). The zero-order valence-corrected chi connectivity index (χ0v) is 23.4. The molecule has 0 unspecified atom stereocenters. The fourth-order valence-electron chi connectivity index (χ4n) is 5.69. The van der Waals surface area contributed by atoms with Gasteiger partial charge in [-0.2, -0.15) is 0 Å². The van der Waals surface area contributed by atoms with Crippen molar-refractivity contribution in [2.24, 2.45) is 23.3 Å². The zero-order chi connectivity index (χ0) is 30.2. The maximum absolute atomic E-state index is 12.8. The highest BCUT2D eigenvalue weighted by atomic mass is 16.4. The number of likely N-dealkylation sites (tertiary alicyclic amines) is 2. The fraction of sp³-hybridized carbons (Fsp3) is 0.367. The number of aromatic nitrogens is 1. The van der Waals surface area contributed by atoms with Crippen LogP contribution in [0.25, 0.3) is 10.8 Å². The maximum Gasteiger partial charge on any atom is 0.323 e. The second-order valence-electron chi connectivity index (χ2n) is 10.6. The van der Waals surface area contributed by atoms with Crippen molar-refractivity contribution in [1.29, 1.82) is 0 Å². The SMILES string of the molecule is NC(=O)N1CCC(C2CCN(C(N)=O)CC2)CC1.Nc1nccc2ccc(C(=O)N(CC(=O)O)c3ccccc3)cc12. The van der Waals surface area contributed by atoms with Gasteiger partial charge in [-0.05, 0) is 73.2 Å². The third kappa shape index (κ3) is 7.45. The number of amides is 5. The number of hydrogen-bond acceptors (Lipinski definition) is 6. The summed E-state index contributed by atoms with van der Waals surface area (Å²) in [6.45, 7) is 2.67. The van der Waals surface area contributed by atoms with Gasteiger partial charge >= 0.3 is 18.0 Å². The molecule has 2 aromatic carbocycles. The van der Waals surface area contributed by atoms with Crippen LogP contribution in [0.15, 0.2) is 60.8 Å². The molecule has 5 amide bonds. The highest BCUT2D eigenvalue weighted by molar-refractivity contribution is 6.10. The van der Waals surface area contributed by atoms with Crippen LogP contribution >= 0.6 is 0 Å². The molecule has 12 heteroatoms. The van der Waals surface area contributed by atoms with E-state index < -0.39 is 18.4 Å². The lowest BCUT2D eigenvalue weighted by Crippen LogP contribution is -2.46. The highest BCUT2D eigenvalue weighted by Gasteiger charge is 2.31. The molecular weight excluding hydrogens is 538 g/mol. The van der Waals surface area contributed by atoms with Crippen LogP contribution in [0.2, 0.25) is 0 Å². The van der Waals surface area contributed by atoms with E-state index in [4.69, 9.17) is 22.3 Å². The van der Waals surface area contributed by atoms with E-state index in [2.05, 4.69) is 4.98 Å². The molecule has 0 radical (unpaired) electrons. The van der Waals surface area contributed by atoms with Gasteiger partial charge in [-0.25, -0.2) is 14.6 Å². The van der Waals surface area contributed by atoms with Gasteiger partial charge in [-0.3, -0.25) is 14.5 Å². The number of primary amides is 2. The van der Waals surface area contributed by atoms with Crippen LogP contribution < -0.4 is 22.1 Å². The van der Waals surface area contributed by atoms with E-state index in [1.165, 1.54) is 4.90 Å². The number of nitrogens with zero attached hydrogens (tertiary/aromatic N) is 4. The minimum atomic E-state index is -1.09. The number of urea groups is 2. The molecule has 0 saturated carbocycles. The number of aliphatic carboxylic acids is 1. The van der Waals surface area contributed by atoms with Crippen LogP contribution in [0.4, 0.5) is 21.1 Å². The Morgan fingerprint density at radius 3 is 1.88 bits per heavy atom. The Morgan fingerprint density at radius 2 is 1.38 bits per heavy atom. The average Bonchev–Trinajstić information content (AvgIpc) is 3.00. The monoisotopic (exact) mass is 575 g/mol. The summed E-state index contributed by atoms with van der Waals surface area (Å²) in [6.07, 6.45) is 5.72. The molecule has 2 saturated heterocycles. The second kappa shape index (κ2) is 13.7. The summed E-state index contributed by atoms with van der Waals surface area (Å²) in [6, 6.07) is 14.9. The number of rotatable bonds is 5. The molecule has 2 aliphatic rings. The van der Waals surface area contributed by atoms with Crippen LogP contribution in [0, 0.1) is 11.8 Å². The summed E-state index contributed by atoms with van der Waals surface area (Å²) in [5.74, 6) is 0.154. The molecule has 0 atom stereocenters. The van der Waals surface area contributed by atoms with Crippen molar-refractivity contribution in [3.63, 3.8) is 0 Å². The lowest BCUT2D eigenvalue weighted by atomic mass is 9.79. The average molecular weight is 576 g/mol. The normalized spacial score (nSPS) is 15.9. The van der Waals surface area contributed by atoms with E-state index in [0.717, 1.165) is 57.2 Å². The van der Waals surface area contributed by atoms with Crippen LogP contribution in [0.5, 0.6) is 0 Å². The number of carbonyl (C=O) groups is 4. The number of pyridine rings is 1. The summed E-state index contributed by atoms with van der Waals surface area (Å²) < 4.78 is 0. The second-order valence-corrected chi connectivity index (χ2v) is 10.6. The Kier molecular flexibility index (Phi) is 9.79. The number of carboxylic acid groups (broad SMARTS) is 1. The van der Waals surface area contributed by atoms with Gasteiger partial charge in [-0.1, -0.05) is 24.3 Å². The smallest absolute Gasteiger partial charge is 0.323 e. The van der Waals surface area contributed by atoms with E-state index in [1.54, 1.807) is 70.6 Å². The van der Waals surface area contributed by atoms with Crippen molar-refractivity contribution in [1.82, 2.24) is 14.8 Å². The molecule has 0 spiro atoms. The molecule has 1 aromatic heterocycles. The van der Waals surface area contributed by atoms with Crippen LogP contribution in [-0.4, -0.2) is 76.6 Å². The number of carboxylic acids is 1. The van der Waals surface area contributed by atoms with E-state index in [-0.39, 0.29) is 12.1 Å². The summed E-state index contributed by atoms with van der Waals surface area (Å²) in [4.78, 5) is 54.8. The maximum atomic E-state index is 12.8. The number of piperidine rings is 2. The van der Waals surface area contributed by atoms with Gasteiger partial charge in [0.1, 0.15) is 12.4 Å². The molecule has 0 bridgehead atoms. The molecule has 222 valence electrons. The van der Waals surface area contributed by atoms with Crippen molar-refractivity contribution in [2.75, 3.05) is 43.4 Å². The number of nitrogen functional groups attached to an aromatic ring is 1. The van der Waals surface area contributed by atoms with E-state index in [9.17, 15) is 19.2 Å². The highest BCUT2D eigenvalue weighted by Crippen LogP contribution is 2.32. The molecule has 0 aliphatic carbocycles. The number of benzene rings is 2. The van der Waals surface area contributed by atoms with Crippen molar-refractivity contribution in [3.05, 3.63) is 66.4 Å². The zero-order valence-electron chi connectivity index (χ0n) is 23.4. The summed E-state index contributed by atoms with van der Waals surface area (Å²) in [5, 5.41) is 10.7. The Bertz CT molecular complexity index is 1390. The topological polar surface area (TPSA) is 189 Å². The van der Waals surface area contributed by atoms with Gasteiger partial charge in [0.2, 0.25) is 0 Å². The Hall–Kier alpha value is -4.87. The molecule has 3 heterocycles. The number of para-hydroxylation sites is 1. The number of hydrogen-bond donors (Lipinski definition) is 4. The molecular formula is C30H37N7O5. The quantitative estimate of drug-likeness (QED) is 0.359. The number of nitrogens with two attached hydrogens (primary N) is 3. The lowest BCUT2D eigenvalue weighted by molar-refractivity contribution is -0.135. The van der Waals surface area contributed by atoms with E-state index in [1.807, 2.05) is 0 Å². The lowest BCUT2D eigenvalue weighted by Gasteiger charge is -2.39. The van der Waals surface area contributed by atoms with Crippen molar-refractivity contribution >= 4 is 46.2 Å². The van der Waals surface area contributed by atoms with Crippen LogP contribution in [-0.2, 0) is 4.79 Å². The van der Waals surface area contributed by atoms with Gasteiger partial charge in [0.25, 0.3) is 5.91 Å². The Labute approximate surface area is 244 Å². The van der Waals surface area contributed by atoms with Crippen LogP contribution in [0.3, 0.4) is 0 Å². The fourth-order valence-corrected chi connectivity index (χ4v) is 5.69. The third-order valence-corrected chi connectivity index (χ3v) is 8.02. The number of anilines is 2. The standard InChI is InChI=1S/C18H15N3O3.C12H22N4O2/c19-17-15-10-13(7-6-12(15)8-9-20-17)18(24)21(11-16(22)23)14-4-2-1-3-5-14;13-11(17)15-5-1-9(2-6-15)10-3-7-16(8-4-10)12(14)18/h1-10H,11H2,(H2,19,20)(H,22,23);9-10H,1-8H2,(H2,13,17)(H2,14,18). The van der Waals surface area contributed by atoms with Crippen molar-refractivity contribution in [2.45, 2.75) is 25.7 Å². The minimum absolute atomic E-state index is 0.308. The summed E-state index contributed by atoms with van der Waals surface area (Å²) in [7, 11) is 0. The first-order valence-electron chi connectivity index (χ1n) is 14.0. The number of carbonyl (C=O) groups excluding carboxylic acids is 3. The van der Waals surface area contributed by atoms with Crippen LogP contribution in [0.1, 0.15) is 36.0 Å². The van der Waals surface area contributed by atoms with Gasteiger partial charge in [0.05, 0.1) is 0 Å². The first-order chi connectivity index (χ1) is 20.1. The Balaban J connectivity index is 0.000000201. The van der Waals surface area contributed by atoms with Gasteiger partial charge in [0.15, 0.2) is 0 Å². The van der Waals surface area contributed by atoms with Crippen molar-refractivity contribution < 1.29 is 24.3 Å². The van der Waals surface area contributed by atoms with Crippen molar-refractivity contribution in [3.8, 4) is 0 Å².